The van der Waals surface area contributed by atoms with Crippen molar-refractivity contribution in [2.24, 2.45) is 0 Å². The molecule has 7 aromatic carbocycles. The van der Waals surface area contributed by atoms with Crippen molar-refractivity contribution >= 4 is 61.9 Å². The van der Waals surface area contributed by atoms with Crippen LogP contribution in [0, 0.1) is 0 Å². The van der Waals surface area contributed by atoms with Gasteiger partial charge in [0, 0.05) is 33.2 Å². The van der Waals surface area contributed by atoms with E-state index in [2.05, 4.69) is 173 Å². The molecular weight excluding hydrogens is 663 g/mol. The highest BCUT2D eigenvalue weighted by Gasteiger charge is 2.38. The second kappa shape index (κ2) is 12.6. The smallest absolute Gasteiger partial charge is 0.242 e. The third-order valence-electron chi connectivity index (χ3n) is 12.3. The van der Waals surface area contributed by atoms with E-state index in [0.29, 0.717) is 0 Å². The zero-order chi connectivity index (χ0) is 36.6. The van der Waals surface area contributed by atoms with Gasteiger partial charge in [-0.2, -0.15) is 0 Å². The minimum Gasteiger partial charge on any atom is -0.310 e. The molecule has 1 aliphatic carbocycles. The van der Waals surface area contributed by atoms with Gasteiger partial charge in [-0.25, -0.2) is 0 Å². The number of fused-ring (bicyclic) bond motifs is 10. The molecule has 0 unspecified atom stereocenters. The monoisotopic (exact) mass is 704 g/mol. The van der Waals surface area contributed by atoms with E-state index >= 15 is 0 Å². The van der Waals surface area contributed by atoms with Gasteiger partial charge in [-0.15, -0.1) is 0 Å². The van der Waals surface area contributed by atoms with Crippen LogP contribution in [-0.4, -0.2) is 15.8 Å². The van der Waals surface area contributed by atoms with Gasteiger partial charge in [-0.1, -0.05) is 146 Å². The van der Waals surface area contributed by atoms with E-state index in [4.69, 9.17) is 0 Å². The topological polar surface area (TPSA) is 9.86 Å². The molecule has 0 atom stereocenters. The fourth-order valence-electron chi connectivity index (χ4n) is 10.1. The number of benzene rings is 7. The normalized spacial score (nSPS) is 13.6. The molecule has 0 saturated carbocycles. The molecule has 0 radical (unpaired) electrons. The van der Waals surface area contributed by atoms with Crippen molar-refractivity contribution in [3.8, 4) is 22.5 Å². The van der Waals surface area contributed by atoms with Gasteiger partial charge in [-0.3, -0.25) is 0 Å². The van der Waals surface area contributed by atoms with Crippen LogP contribution in [0.5, 0.6) is 0 Å². The minimum absolute atomic E-state index is 0.203. The maximum absolute atomic E-state index is 2.51. The standard InChI is InChI=1S/C50H35BN2.C2H6/c1-2-12-32(13-3-1)33-26-36-28-34-30-38(52-46-18-8-4-14-40(46)41-15-5-9-19-47(41)52)22-24-44(34)51-45-25-23-39(31-35(45)29-37(27-33)50(36)51)53-48-20-10-6-16-42(48)43-17-7-11-21-49(43)53;1-2/h1-6,8-16,18-27,30-31H,7,17,28-29H2;1-2H3. The van der Waals surface area contributed by atoms with Crippen LogP contribution in [0.4, 0.5) is 0 Å². The molecule has 0 saturated heterocycles. The van der Waals surface area contributed by atoms with Gasteiger partial charge >= 0.3 is 0 Å². The molecule has 3 aliphatic rings. The summed E-state index contributed by atoms with van der Waals surface area (Å²) in [5.41, 5.74) is 21.9. The lowest BCUT2D eigenvalue weighted by molar-refractivity contribution is 0.966. The summed E-state index contributed by atoms with van der Waals surface area (Å²) in [6.45, 7) is 4.20. The Morgan fingerprint density at radius 1 is 0.473 bits per heavy atom. The molecule has 0 N–H and O–H groups in total. The number of aromatic nitrogens is 2. The van der Waals surface area contributed by atoms with E-state index < -0.39 is 0 Å². The van der Waals surface area contributed by atoms with Crippen LogP contribution in [0.25, 0.3) is 61.3 Å². The summed E-state index contributed by atoms with van der Waals surface area (Å²) in [4.78, 5) is 0. The first-order valence-electron chi connectivity index (χ1n) is 20.0. The molecule has 3 heteroatoms. The quantitative estimate of drug-likeness (QED) is 0.162. The van der Waals surface area contributed by atoms with Crippen LogP contribution in [0.3, 0.4) is 0 Å². The molecule has 0 spiro atoms. The van der Waals surface area contributed by atoms with Crippen LogP contribution >= 0.6 is 0 Å². The van der Waals surface area contributed by atoms with Crippen molar-refractivity contribution in [1.29, 1.82) is 0 Å². The van der Waals surface area contributed by atoms with Crippen LogP contribution in [0.1, 0.15) is 53.8 Å². The maximum Gasteiger partial charge on any atom is 0.242 e. The van der Waals surface area contributed by atoms with Gasteiger partial charge in [0.1, 0.15) is 0 Å². The lowest BCUT2D eigenvalue weighted by Crippen LogP contribution is -2.61. The Morgan fingerprint density at radius 3 is 1.62 bits per heavy atom. The molecule has 2 nitrogen and oxygen atoms in total. The molecule has 0 bridgehead atoms. The van der Waals surface area contributed by atoms with Gasteiger partial charge in [0.2, 0.25) is 6.71 Å². The van der Waals surface area contributed by atoms with E-state index in [-0.39, 0.29) is 6.71 Å². The van der Waals surface area contributed by atoms with Crippen molar-refractivity contribution in [3.05, 3.63) is 191 Å². The molecule has 55 heavy (non-hydrogen) atoms. The van der Waals surface area contributed by atoms with Crippen molar-refractivity contribution < 1.29 is 0 Å². The summed E-state index contributed by atoms with van der Waals surface area (Å²) in [6.07, 6.45) is 8.76. The first-order valence-corrected chi connectivity index (χ1v) is 20.0. The number of para-hydroxylation sites is 3. The van der Waals surface area contributed by atoms with Gasteiger partial charge < -0.3 is 9.13 Å². The molecule has 262 valence electrons. The molecule has 2 aromatic heterocycles. The fourth-order valence-corrected chi connectivity index (χ4v) is 10.1. The van der Waals surface area contributed by atoms with E-state index in [1.165, 1.54) is 105 Å². The predicted octanol–water partition coefficient (Wildman–Crippen LogP) is 10.7. The highest BCUT2D eigenvalue weighted by Crippen LogP contribution is 2.36. The van der Waals surface area contributed by atoms with Gasteiger partial charge in [0.15, 0.2) is 0 Å². The van der Waals surface area contributed by atoms with E-state index in [1.807, 2.05) is 13.8 Å². The number of nitrogens with zero attached hydrogens (tertiary/aromatic N) is 2. The average molecular weight is 705 g/mol. The highest BCUT2D eigenvalue weighted by atomic mass is 15.0. The lowest BCUT2D eigenvalue weighted by Gasteiger charge is -2.35. The first kappa shape index (κ1) is 32.1. The molecule has 9 aromatic rings. The minimum atomic E-state index is 0.203. The number of hydrogen-bond acceptors (Lipinski definition) is 0. The largest absolute Gasteiger partial charge is 0.310 e. The predicted molar refractivity (Wildman–Crippen MR) is 235 cm³/mol. The molecular formula is C52H41BN2. The van der Waals surface area contributed by atoms with Crippen molar-refractivity contribution in [3.63, 3.8) is 0 Å². The van der Waals surface area contributed by atoms with Gasteiger partial charge in [0.25, 0.3) is 0 Å². The Hall–Kier alpha value is -6.32. The second-order valence-electron chi connectivity index (χ2n) is 15.2. The summed E-state index contributed by atoms with van der Waals surface area (Å²) in [7, 11) is 0. The molecule has 0 amide bonds. The van der Waals surface area contributed by atoms with Gasteiger partial charge in [-0.05, 0) is 113 Å². The Balaban J connectivity index is 0.00000173. The fraction of sp³-hybridized carbons (Fsp3) is 0.115. The van der Waals surface area contributed by atoms with Gasteiger partial charge in [0.05, 0.1) is 16.6 Å². The van der Waals surface area contributed by atoms with E-state index in [9.17, 15) is 0 Å². The Bertz CT molecular complexity index is 2960. The van der Waals surface area contributed by atoms with Crippen molar-refractivity contribution in [1.82, 2.24) is 9.13 Å². The maximum atomic E-state index is 2.51. The van der Waals surface area contributed by atoms with Crippen LogP contribution in [0.2, 0.25) is 0 Å². The first-order chi connectivity index (χ1) is 27.3. The van der Waals surface area contributed by atoms with Crippen LogP contribution in [0.15, 0.2) is 158 Å². The average Bonchev–Trinajstić information content (AvgIpc) is 3.77. The van der Waals surface area contributed by atoms with E-state index in [1.54, 1.807) is 0 Å². The zero-order valence-electron chi connectivity index (χ0n) is 31.4. The summed E-state index contributed by atoms with van der Waals surface area (Å²) >= 11 is 0. The zero-order valence-corrected chi connectivity index (χ0v) is 31.4. The molecule has 2 aliphatic heterocycles. The van der Waals surface area contributed by atoms with Crippen LogP contribution < -0.4 is 16.4 Å². The third kappa shape index (κ3) is 4.82. The summed E-state index contributed by atoms with van der Waals surface area (Å²) in [6, 6.07) is 57.2. The lowest BCUT2D eigenvalue weighted by atomic mass is 9.30. The van der Waals surface area contributed by atoms with E-state index in [0.717, 1.165) is 25.7 Å². The number of rotatable bonds is 3. The highest BCUT2D eigenvalue weighted by molar-refractivity contribution is 6.97. The Kier molecular flexibility index (Phi) is 7.39. The van der Waals surface area contributed by atoms with Crippen molar-refractivity contribution in [2.45, 2.75) is 39.5 Å². The number of hydrogen-bond donors (Lipinski definition) is 0. The number of aryl methyl sites for hydroxylation is 1. The molecule has 0 fully saturated rings. The SMILES string of the molecule is C1=Cc2c(c3ccccc3n2-c2ccc3c(c2)Cc2cc(-c4ccccc4)cc4c2B3c2ccc(-n3c5ccccc5c5ccccc53)cc2C4)CC1.CC. The van der Waals surface area contributed by atoms with Crippen molar-refractivity contribution in [2.75, 3.05) is 0 Å². The summed E-state index contributed by atoms with van der Waals surface area (Å²) < 4.78 is 4.97. The summed E-state index contributed by atoms with van der Waals surface area (Å²) in [5.74, 6) is 0. The van der Waals surface area contributed by atoms with Crippen LogP contribution in [-0.2, 0) is 19.3 Å². The Morgan fingerprint density at radius 2 is 1.00 bits per heavy atom. The number of allylic oxidation sites excluding steroid dienone is 1. The second-order valence-corrected chi connectivity index (χ2v) is 15.2. The summed E-state index contributed by atoms with van der Waals surface area (Å²) in [5, 5.41) is 3.98. The Labute approximate surface area is 323 Å². The molecule has 4 heterocycles. The third-order valence-corrected chi connectivity index (χ3v) is 12.3. The molecule has 12 rings (SSSR count).